The molecule has 2 heterocycles. The summed E-state index contributed by atoms with van der Waals surface area (Å²) in [5, 5.41) is 13.9. The molecule has 1 saturated heterocycles. The van der Waals surface area contributed by atoms with Gasteiger partial charge in [0.15, 0.2) is 0 Å². The van der Waals surface area contributed by atoms with E-state index in [9.17, 15) is 14.9 Å². The minimum atomic E-state index is -0.595. The van der Waals surface area contributed by atoms with Crippen LogP contribution in [0.4, 0.5) is 11.5 Å². The topological polar surface area (TPSA) is 97.6 Å². The standard InChI is InChI=1S/C13H18N4O4/c1-8-10(4-5-21-8)16(3)13(18)9-6-12(14-2)15-7-11(9)17(19)20/h6-8,10H,4-5H2,1-3H3,(H,14,15). The summed E-state index contributed by atoms with van der Waals surface area (Å²) in [6.07, 6.45) is 1.74. The maximum Gasteiger partial charge on any atom is 0.300 e. The van der Waals surface area contributed by atoms with Crippen LogP contribution in [-0.2, 0) is 4.74 Å². The van der Waals surface area contributed by atoms with Gasteiger partial charge in [-0.1, -0.05) is 0 Å². The van der Waals surface area contributed by atoms with Gasteiger partial charge in [-0.25, -0.2) is 4.98 Å². The Morgan fingerprint density at radius 2 is 2.33 bits per heavy atom. The van der Waals surface area contributed by atoms with Gasteiger partial charge in [-0.3, -0.25) is 14.9 Å². The van der Waals surface area contributed by atoms with Crippen molar-refractivity contribution < 1.29 is 14.5 Å². The van der Waals surface area contributed by atoms with E-state index in [1.165, 1.54) is 11.0 Å². The molecule has 8 heteroatoms. The number of pyridine rings is 1. The fourth-order valence-electron chi connectivity index (χ4n) is 2.47. The van der Waals surface area contributed by atoms with E-state index in [2.05, 4.69) is 10.3 Å². The van der Waals surface area contributed by atoms with Gasteiger partial charge in [-0.2, -0.15) is 0 Å². The van der Waals surface area contributed by atoms with Crippen molar-refractivity contribution in [3.05, 3.63) is 27.9 Å². The summed E-state index contributed by atoms with van der Waals surface area (Å²) in [6, 6.07) is 1.32. The number of amides is 1. The van der Waals surface area contributed by atoms with Crippen LogP contribution in [0.15, 0.2) is 12.3 Å². The fourth-order valence-corrected chi connectivity index (χ4v) is 2.47. The van der Waals surface area contributed by atoms with Crippen molar-refractivity contribution in [1.82, 2.24) is 9.88 Å². The normalized spacial score (nSPS) is 21.1. The van der Waals surface area contributed by atoms with Crippen LogP contribution in [-0.4, -0.2) is 53.6 Å². The molecule has 1 aliphatic heterocycles. The van der Waals surface area contributed by atoms with Gasteiger partial charge in [0, 0.05) is 26.8 Å². The van der Waals surface area contributed by atoms with Gasteiger partial charge in [0.25, 0.3) is 11.6 Å². The predicted octanol–water partition coefficient (Wildman–Crippen LogP) is 1.28. The van der Waals surface area contributed by atoms with E-state index in [4.69, 9.17) is 4.74 Å². The summed E-state index contributed by atoms with van der Waals surface area (Å²) in [7, 11) is 3.28. The molecule has 0 bridgehead atoms. The van der Waals surface area contributed by atoms with Crippen molar-refractivity contribution in [1.29, 1.82) is 0 Å². The second-order valence-corrected chi connectivity index (χ2v) is 4.94. The molecule has 1 aliphatic rings. The number of ether oxygens (including phenoxy) is 1. The molecule has 114 valence electrons. The molecule has 0 aliphatic carbocycles. The van der Waals surface area contributed by atoms with Gasteiger partial charge in [0.1, 0.15) is 17.6 Å². The van der Waals surface area contributed by atoms with E-state index < -0.39 is 10.8 Å². The number of nitrogens with one attached hydrogen (secondary N) is 1. The molecular weight excluding hydrogens is 276 g/mol. The molecule has 8 nitrogen and oxygen atoms in total. The van der Waals surface area contributed by atoms with Crippen molar-refractivity contribution in [2.45, 2.75) is 25.5 Å². The Morgan fingerprint density at radius 1 is 1.62 bits per heavy atom. The summed E-state index contributed by atoms with van der Waals surface area (Å²) in [6.45, 7) is 2.48. The Labute approximate surface area is 122 Å². The molecular formula is C13H18N4O4. The Hall–Kier alpha value is -2.22. The quantitative estimate of drug-likeness (QED) is 0.663. The molecule has 1 N–H and O–H groups in total. The lowest BCUT2D eigenvalue weighted by atomic mass is 10.1. The molecule has 0 saturated carbocycles. The monoisotopic (exact) mass is 294 g/mol. The van der Waals surface area contributed by atoms with Crippen molar-refractivity contribution in [2.75, 3.05) is 26.0 Å². The number of anilines is 1. The highest BCUT2D eigenvalue weighted by Gasteiger charge is 2.33. The van der Waals surface area contributed by atoms with E-state index in [0.29, 0.717) is 12.4 Å². The van der Waals surface area contributed by atoms with E-state index in [1.54, 1.807) is 14.1 Å². The number of hydrogen-bond donors (Lipinski definition) is 1. The van der Waals surface area contributed by atoms with Gasteiger partial charge in [0.05, 0.1) is 17.1 Å². The number of likely N-dealkylation sites (N-methyl/N-ethyl adjacent to an activating group) is 1. The average molecular weight is 294 g/mol. The number of hydrogen-bond acceptors (Lipinski definition) is 6. The summed E-state index contributed by atoms with van der Waals surface area (Å²) in [5.41, 5.74) is -0.265. The highest BCUT2D eigenvalue weighted by Crippen LogP contribution is 2.25. The molecule has 1 aromatic rings. The predicted molar refractivity (Wildman–Crippen MR) is 76.4 cm³/mol. The Kier molecular flexibility index (Phi) is 4.37. The second kappa shape index (κ2) is 6.04. The smallest absolute Gasteiger partial charge is 0.300 e. The van der Waals surface area contributed by atoms with Crippen LogP contribution in [0.5, 0.6) is 0 Å². The average Bonchev–Trinajstić information content (AvgIpc) is 2.91. The lowest BCUT2D eigenvalue weighted by Crippen LogP contribution is -2.41. The third kappa shape index (κ3) is 2.94. The van der Waals surface area contributed by atoms with E-state index in [0.717, 1.165) is 12.6 Å². The number of rotatable bonds is 4. The first-order valence-electron chi connectivity index (χ1n) is 6.66. The third-order valence-corrected chi connectivity index (χ3v) is 3.72. The number of nitrogens with zero attached hydrogens (tertiary/aromatic N) is 3. The Morgan fingerprint density at radius 3 is 2.86 bits per heavy atom. The maximum atomic E-state index is 12.6. The zero-order valence-corrected chi connectivity index (χ0v) is 12.2. The van der Waals surface area contributed by atoms with Gasteiger partial charge in [-0.05, 0) is 13.3 Å². The van der Waals surface area contributed by atoms with Crippen LogP contribution in [0.1, 0.15) is 23.7 Å². The molecule has 2 unspecified atom stereocenters. The molecule has 0 aromatic carbocycles. The van der Waals surface area contributed by atoms with Gasteiger partial charge in [-0.15, -0.1) is 0 Å². The van der Waals surface area contributed by atoms with Gasteiger partial charge < -0.3 is 15.0 Å². The van der Waals surface area contributed by atoms with Crippen LogP contribution >= 0.6 is 0 Å². The summed E-state index contributed by atoms with van der Waals surface area (Å²) >= 11 is 0. The number of carbonyl (C=O) groups is 1. The van der Waals surface area contributed by atoms with Crippen molar-refractivity contribution in [2.24, 2.45) is 0 Å². The zero-order chi connectivity index (χ0) is 15.6. The lowest BCUT2D eigenvalue weighted by Gasteiger charge is -2.26. The van der Waals surface area contributed by atoms with Gasteiger partial charge in [0.2, 0.25) is 0 Å². The van der Waals surface area contributed by atoms with E-state index in [-0.39, 0.29) is 23.4 Å². The molecule has 0 spiro atoms. The Balaban J connectivity index is 2.34. The first-order chi connectivity index (χ1) is 9.95. The third-order valence-electron chi connectivity index (χ3n) is 3.72. The number of nitro groups is 1. The maximum absolute atomic E-state index is 12.6. The number of aromatic nitrogens is 1. The lowest BCUT2D eigenvalue weighted by molar-refractivity contribution is -0.385. The second-order valence-electron chi connectivity index (χ2n) is 4.94. The SMILES string of the molecule is CNc1cc(C(=O)N(C)C2CCOC2C)c([N+](=O)[O-])cn1. The minimum absolute atomic E-state index is 0.0287. The Bertz CT molecular complexity index is 563. The van der Waals surface area contributed by atoms with Crippen LogP contribution in [0.3, 0.4) is 0 Å². The molecule has 0 radical (unpaired) electrons. The summed E-state index contributed by atoms with van der Waals surface area (Å²) in [5.74, 6) is 0.0102. The van der Waals surface area contributed by atoms with E-state index >= 15 is 0 Å². The zero-order valence-electron chi connectivity index (χ0n) is 12.2. The highest BCUT2D eigenvalue weighted by molar-refractivity contribution is 5.98. The van der Waals surface area contributed by atoms with Crippen molar-refractivity contribution in [3.63, 3.8) is 0 Å². The molecule has 1 amide bonds. The summed E-state index contributed by atoms with van der Waals surface area (Å²) in [4.78, 5) is 28.5. The molecule has 2 atom stereocenters. The van der Waals surface area contributed by atoms with Crippen LogP contribution in [0.2, 0.25) is 0 Å². The first-order valence-corrected chi connectivity index (χ1v) is 6.66. The first kappa shape index (κ1) is 15.2. The van der Waals surface area contributed by atoms with Gasteiger partial charge >= 0.3 is 0 Å². The molecule has 1 aromatic heterocycles. The van der Waals surface area contributed by atoms with E-state index in [1.807, 2.05) is 6.92 Å². The largest absolute Gasteiger partial charge is 0.376 e. The summed E-state index contributed by atoms with van der Waals surface area (Å²) < 4.78 is 5.44. The minimum Gasteiger partial charge on any atom is -0.376 e. The van der Waals surface area contributed by atoms with Crippen LogP contribution in [0.25, 0.3) is 0 Å². The highest BCUT2D eigenvalue weighted by atomic mass is 16.6. The molecule has 21 heavy (non-hydrogen) atoms. The van der Waals surface area contributed by atoms with Crippen LogP contribution < -0.4 is 5.32 Å². The molecule has 2 rings (SSSR count). The fraction of sp³-hybridized carbons (Fsp3) is 0.538. The molecule has 1 fully saturated rings. The van der Waals surface area contributed by atoms with Crippen LogP contribution in [0, 0.1) is 10.1 Å². The van der Waals surface area contributed by atoms with Crippen molar-refractivity contribution in [3.8, 4) is 0 Å². The van der Waals surface area contributed by atoms with Crippen molar-refractivity contribution >= 4 is 17.4 Å². The number of carbonyl (C=O) groups excluding carboxylic acids is 1.